The van der Waals surface area contributed by atoms with Gasteiger partial charge in [-0.2, -0.15) is 0 Å². The SMILES string of the molecule is CCCCCCCC/C=C\CCCCCCCC(=O)OCC(O)COP(=O)(O)OCC(NC(=O)CCCCCCCCCCCCC/C=C/CCCCCCCC)C(=O)O. The summed E-state index contributed by atoms with van der Waals surface area (Å²) in [7, 11) is -4.76. The Morgan fingerprint density at radius 2 is 0.867 bits per heavy atom. The van der Waals surface area contributed by atoms with Crippen molar-refractivity contribution in [1.82, 2.24) is 5.32 Å². The highest BCUT2D eigenvalue weighted by atomic mass is 31.2. The van der Waals surface area contributed by atoms with Crippen molar-refractivity contribution >= 4 is 25.7 Å². The molecule has 0 rings (SSSR count). The molecule has 60 heavy (non-hydrogen) atoms. The number of ether oxygens (including phenoxy) is 1. The van der Waals surface area contributed by atoms with Crippen LogP contribution < -0.4 is 5.32 Å². The summed E-state index contributed by atoms with van der Waals surface area (Å²) in [6.45, 7) is 2.60. The van der Waals surface area contributed by atoms with Gasteiger partial charge in [0.25, 0.3) is 0 Å². The van der Waals surface area contributed by atoms with Crippen molar-refractivity contribution < 1.29 is 47.8 Å². The standard InChI is InChI=1S/C48H90NO10P/c1-3-5-7-9-11-13-15-17-19-20-21-22-23-24-26-27-29-31-33-35-37-39-46(51)49-45(48(53)54)43-59-60(55,56)58-42-44(50)41-57-47(52)40-38-36-34-32-30-28-25-18-16-14-12-10-8-6-4-2/h17-19,25,44-45,50H,3-16,20-24,26-43H2,1-2H3,(H,49,51)(H,53,54)(H,55,56)/b19-17+,25-18-. The molecule has 3 unspecified atom stereocenters. The summed E-state index contributed by atoms with van der Waals surface area (Å²) in [6, 6.07) is -1.55. The maximum absolute atomic E-state index is 12.4. The van der Waals surface area contributed by atoms with Crippen LogP contribution in [0.4, 0.5) is 0 Å². The summed E-state index contributed by atoms with van der Waals surface area (Å²) in [6.07, 6.45) is 46.3. The first kappa shape index (κ1) is 58.0. The van der Waals surface area contributed by atoms with E-state index in [-0.39, 0.29) is 12.8 Å². The number of aliphatic hydroxyl groups excluding tert-OH is 1. The van der Waals surface area contributed by atoms with Gasteiger partial charge in [0.05, 0.1) is 13.2 Å². The lowest BCUT2D eigenvalue weighted by Gasteiger charge is -2.18. The van der Waals surface area contributed by atoms with E-state index in [9.17, 15) is 34.1 Å². The number of nitrogens with one attached hydrogen (secondary N) is 1. The number of hydrogen-bond donors (Lipinski definition) is 4. The number of aliphatic carboxylic acids is 1. The van der Waals surface area contributed by atoms with Crippen molar-refractivity contribution in [3.8, 4) is 0 Å². The highest BCUT2D eigenvalue weighted by Gasteiger charge is 2.28. The number of carboxylic acids is 1. The van der Waals surface area contributed by atoms with Gasteiger partial charge in [-0.1, -0.05) is 179 Å². The highest BCUT2D eigenvalue weighted by Crippen LogP contribution is 2.43. The van der Waals surface area contributed by atoms with Crippen molar-refractivity contribution in [2.75, 3.05) is 19.8 Å². The second-order valence-electron chi connectivity index (χ2n) is 16.6. The summed E-state index contributed by atoms with van der Waals surface area (Å²) >= 11 is 0. The van der Waals surface area contributed by atoms with Crippen LogP contribution in [0.25, 0.3) is 0 Å². The van der Waals surface area contributed by atoms with Gasteiger partial charge in [0.1, 0.15) is 12.7 Å². The molecule has 0 aliphatic heterocycles. The molecular formula is C48H90NO10P. The van der Waals surface area contributed by atoms with Crippen LogP contribution in [0.1, 0.15) is 232 Å². The molecule has 0 radical (unpaired) electrons. The van der Waals surface area contributed by atoms with Crippen molar-refractivity contribution in [2.45, 2.75) is 244 Å². The molecule has 0 bridgehead atoms. The molecule has 12 heteroatoms. The van der Waals surface area contributed by atoms with E-state index in [0.717, 1.165) is 57.8 Å². The minimum absolute atomic E-state index is 0.146. The fraction of sp³-hybridized carbons (Fsp3) is 0.854. The summed E-state index contributed by atoms with van der Waals surface area (Å²) in [5.74, 6) is -2.37. The molecule has 0 aliphatic carbocycles. The van der Waals surface area contributed by atoms with Crippen molar-refractivity contribution in [1.29, 1.82) is 0 Å². The molecule has 0 aromatic rings. The lowest BCUT2D eigenvalue weighted by molar-refractivity contribution is -0.147. The van der Waals surface area contributed by atoms with Crippen molar-refractivity contribution in [2.24, 2.45) is 0 Å². The molecule has 0 saturated carbocycles. The van der Waals surface area contributed by atoms with Crippen LogP contribution in [-0.4, -0.2) is 64.9 Å². The lowest BCUT2D eigenvalue weighted by Crippen LogP contribution is -2.43. The van der Waals surface area contributed by atoms with Gasteiger partial charge in [-0.05, 0) is 64.2 Å². The van der Waals surface area contributed by atoms with Gasteiger partial charge in [0.15, 0.2) is 6.04 Å². The van der Waals surface area contributed by atoms with Gasteiger partial charge in [-0.25, -0.2) is 9.36 Å². The smallest absolute Gasteiger partial charge is 0.472 e. The van der Waals surface area contributed by atoms with Crippen LogP contribution in [0.5, 0.6) is 0 Å². The third-order valence-corrected chi connectivity index (χ3v) is 11.7. The molecule has 0 spiro atoms. The summed E-state index contributed by atoms with van der Waals surface area (Å²) in [4.78, 5) is 46.0. The molecule has 1 amide bonds. The molecule has 0 heterocycles. The van der Waals surface area contributed by atoms with E-state index in [1.54, 1.807) is 0 Å². The molecule has 0 saturated heterocycles. The number of carbonyl (C=O) groups excluding carboxylic acids is 2. The van der Waals surface area contributed by atoms with Crippen molar-refractivity contribution in [3.63, 3.8) is 0 Å². The average Bonchev–Trinajstić information content (AvgIpc) is 3.22. The minimum Gasteiger partial charge on any atom is -0.480 e. The number of carbonyl (C=O) groups is 3. The Morgan fingerprint density at radius 1 is 0.517 bits per heavy atom. The summed E-state index contributed by atoms with van der Waals surface area (Å²) in [5.41, 5.74) is 0. The topological polar surface area (TPSA) is 169 Å². The number of allylic oxidation sites excluding steroid dienone is 4. The van der Waals surface area contributed by atoms with Crippen LogP contribution >= 0.6 is 7.82 Å². The quantitative estimate of drug-likeness (QED) is 0.0200. The normalized spacial score (nSPS) is 13.8. The Labute approximate surface area is 366 Å². The Morgan fingerprint density at radius 3 is 1.27 bits per heavy atom. The molecule has 352 valence electrons. The summed E-state index contributed by atoms with van der Waals surface area (Å²) < 4.78 is 26.9. The Bertz CT molecular complexity index is 1120. The fourth-order valence-electron chi connectivity index (χ4n) is 6.89. The number of hydrogen-bond acceptors (Lipinski definition) is 8. The molecule has 0 aromatic heterocycles. The van der Waals surface area contributed by atoms with E-state index < -0.39 is 57.6 Å². The van der Waals surface area contributed by atoms with Gasteiger partial charge in [-0.15, -0.1) is 0 Å². The van der Waals surface area contributed by atoms with Gasteiger partial charge >= 0.3 is 19.8 Å². The molecule has 0 aromatic carbocycles. The number of phosphoric ester groups is 1. The minimum atomic E-state index is -4.76. The van der Waals surface area contributed by atoms with Crippen LogP contribution in [0.3, 0.4) is 0 Å². The van der Waals surface area contributed by atoms with E-state index >= 15 is 0 Å². The monoisotopic (exact) mass is 872 g/mol. The predicted molar refractivity (Wildman–Crippen MR) is 245 cm³/mol. The van der Waals surface area contributed by atoms with Crippen molar-refractivity contribution in [3.05, 3.63) is 24.3 Å². The fourth-order valence-corrected chi connectivity index (χ4v) is 7.67. The molecule has 0 aliphatic rings. The van der Waals surface area contributed by atoms with E-state index in [1.165, 1.54) is 135 Å². The third-order valence-electron chi connectivity index (χ3n) is 10.7. The lowest BCUT2D eigenvalue weighted by atomic mass is 10.0. The Hall–Kier alpha value is -2.04. The highest BCUT2D eigenvalue weighted by molar-refractivity contribution is 7.47. The van der Waals surface area contributed by atoms with Gasteiger partial charge in [0.2, 0.25) is 5.91 Å². The Balaban J connectivity index is 3.84. The zero-order valence-electron chi connectivity index (χ0n) is 38.3. The first-order valence-corrected chi connectivity index (χ1v) is 25.9. The predicted octanol–water partition coefficient (Wildman–Crippen LogP) is 13.0. The van der Waals surface area contributed by atoms with Gasteiger partial charge in [0, 0.05) is 12.8 Å². The van der Waals surface area contributed by atoms with Gasteiger partial charge < -0.3 is 25.2 Å². The number of aliphatic hydroxyl groups is 1. The number of unbranched alkanes of at least 4 members (excludes halogenated alkanes) is 28. The third kappa shape index (κ3) is 42.6. The van der Waals surface area contributed by atoms with E-state index in [2.05, 4.69) is 43.5 Å². The number of phosphoric acid groups is 1. The molecule has 4 N–H and O–H groups in total. The number of carboxylic acid groups (broad SMARTS) is 1. The molecule has 3 atom stereocenters. The van der Waals surface area contributed by atoms with Crippen LogP contribution in [0.15, 0.2) is 24.3 Å². The number of rotatable bonds is 46. The van der Waals surface area contributed by atoms with Crippen LogP contribution in [-0.2, 0) is 32.7 Å². The first-order valence-electron chi connectivity index (χ1n) is 24.4. The zero-order chi connectivity index (χ0) is 44.2. The second kappa shape index (κ2) is 43.6. The summed E-state index contributed by atoms with van der Waals surface area (Å²) in [5, 5.41) is 21.9. The number of esters is 1. The van der Waals surface area contributed by atoms with E-state index in [0.29, 0.717) is 12.8 Å². The average molecular weight is 872 g/mol. The Kier molecular flexibility index (Phi) is 42.1. The van der Waals surface area contributed by atoms with E-state index in [1.807, 2.05) is 0 Å². The zero-order valence-corrected chi connectivity index (χ0v) is 39.2. The molecule has 11 nitrogen and oxygen atoms in total. The number of amides is 1. The van der Waals surface area contributed by atoms with E-state index in [4.69, 9.17) is 13.8 Å². The molecule has 0 fully saturated rings. The largest absolute Gasteiger partial charge is 0.480 e. The van der Waals surface area contributed by atoms with Crippen LogP contribution in [0.2, 0.25) is 0 Å². The van der Waals surface area contributed by atoms with Crippen LogP contribution in [0, 0.1) is 0 Å². The molecular weight excluding hydrogens is 781 g/mol. The first-order chi connectivity index (χ1) is 29.1. The van der Waals surface area contributed by atoms with Gasteiger partial charge in [-0.3, -0.25) is 18.6 Å². The maximum Gasteiger partial charge on any atom is 0.472 e. The maximum atomic E-state index is 12.4. The second-order valence-corrected chi connectivity index (χ2v) is 18.1.